The smallest absolute Gasteiger partial charge is 0.309 e. The van der Waals surface area contributed by atoms with Crippen LogP contribution in [0.25, 0.3) is 0 Å². The van der Waals surface area contributed by atoms with Crippen molar-refractivity contribution in [3.8, 4) is 0 Å². The molecule has 2 amide bonds. The molecule has 1 aliphatic rings. The molecule has 8 nitrogen and oxygen atoms in total. The Morgan fingerprint density at radius 2 is 1.92 bits per heavy atom. The summed E-state index contributed by atoms with van der Waals surface area (Å²) in [4.78, 5) is 23.4. The average Bonchev–Trinajstić information content (AvgIpc) is 2.65. The number of benzene rings is 1. The molecular weight excluding hydrogens is 346 g/mol. The van der Waals surface area contributed by atoms with Crippen molar-refractivity contribution in [3.63, 3.8) is 0 Å². The van der Waals surface area contributed by atoms with Crippen LogP contribution in [0.15, 0.2) is 47.9 Å². The zero-order chi connectivity index (χ0) is 18.3. The highest BCUT2D eigenvalue weighted by Crippen LogP contribution is 2.21. The largest absolute Gasteiger partial charge is 0.360 e. The van der Waals surface area contributed by atoms with Crippen LogP contribution < -0.4 is 10.6 Å². The highest BCUT2D eigenvalue weighted by Gasteiger charge is 2.34. The number of rotatable bonds is 6. The van der Waals surface area contributed by atoms with Crippen molar-refractivity contribution in [2.45, 2.75) is 17.5 Å². The molecule has 0 aromatic heterocycles. The monoisotopic (exact) mass is 367 g/mol. The molecule has 1 aliphatic heterocycles. The number of nitrogens with one attached hydrogen (secondary N) is 2. The van der Waals surface area contributed by atoms with Gasteiger partial charge in [0, 0.05) is 13.1 Å². The van der Waals surface area contributed by atoms with Gasteiger partial charge in [0.15, 0.2) is 0 Å². The number of ether oxygens (including phenoxy) is 1. The summed E-state index contributed by atoms with van der Waals surface area (Å²) in [7, 11) is -3.75. The Hall–Kier alpha value is -2.23. The van der Waals surface area contributed by atoms with Crippen LogP contribution in [-0.4, -0.2) is 57.0 Å². The molecule has 0 aliphatic carbocycles. The van der Waals surface area contributed by atoms with Gasteiger partial charge in [-0.2, -0.15) is 4.31 Å². The predicted molar refractivity (Wildman–Crippen MR) is 90.9 cm³/mol. The minimum absolute atomic E-state index is 0.119. The first-order valence-corrected chi connectivity index (χ1v) is 9.26. The number of nitrogens with zero attached hydrogens (tertiary/aromatic N) is 1. The highest BCUT2D eigenvalue weighted by atomic mass is 32.2. The van der Waals surface area contributed by atoms with Crippen LogP contribution in [0.2, 0.25) is 0 Å². The van der Waals surface area contributed by atoms with Gasteiger partial charge in [0.1, 0.15) is 6.23 Å². The Bertz CT molecular complexity index is 721. The Balaban J connectivity index is 2.05. The van der Waals surface area contributed by atoms with Crippen LogP contribution in [0, 0.1) is 0 Å². The van der Waals surface area contributed by atoms with E-state index in [2.05, 4.69) is 17.2 Å². The molecule has 1 fully saturated rings. The lowest BCUT2D eigenvalue weighted by Gasteiger charge is -2.34. The molecule has 25 heavy (non-hydrogen) atoms. The van der Waals surface area contributed by atoms with Crippen molar-refractivity contribution in [2.75, 3.05) is 26.2 Å². The Morgan fingerprint density at radius 3 is 2.60 bits per heavy atom. The van der Waals surface area contributed by atoms with E-state index in [0.717, 1.165) is 0 Å². The van der Waals surface area contributed by atoms with Crippen LogP contribution in [-0.2, 0) is 24.3 Å². The summed E-state index contributed by atoms with van der Waals surface area (Å²) in [5, 5.41) is 4.74. The van der Waals surface area contributed by atoms with Crippen molar-refractivity contribution in [1.82, 2.24) is 14.9 Å². The molecule has 1 heterocycles. The molecule has 2 rings (SSSR count). The summed E-state index contributed by atoms with van der Waals surface area (Å²) in [6.45, 7) is 4.14. The summed E-state index contributed by atoms with van der Waals surface area (Å²) in [6.07, 6.45) is 1.13. The minimum Gasteiger partial charge on any atom is -0.360 e. The Labute approximate surface area is 146 Å². The van der Waals surface area contributed by atoms with Crippen LogP contribution in [0.3, 0.4) is 0 Å². The summed E-state index contributed by atoms with van der Waals surface area (Å²) < 4.78 is 32.2. The summed E-state index contributed by atoms with van der Waals surface area (Å²) in [6, 6.07) is 8.01. The normalized spacial score (nSPS) is 18.3. The fraction of sp³-hybridized carbons (Fsp3) is 0.375. The number of carbonyl (C=O) groups excluding carboxylic acids is 2. The maximum Gasteiger partial charge on any atom is 0.309 e. The van der Waals surface area contributed by atoms with Gasteiger partial charge in [0.2, 0.25) is 10.0 Å². The van der Waals surface area contributed by atoms with Gasteiger partial charge in [-0.25, -0.2) is 8.42 Å². The van der Waals surface area contributed by atoms with Gasteiger partial charge in [-0.05, 0) is 18.6 Å². The lowest BCUT2D eigenvalue weighted by molar-refractivity contribution is -0.140. The molecule has 0 spiro atoms. The van der Waals surface area contributed by atoms with E-state index in [1.54, 1.807) is 18.2 Å². The van der Waals surface area contributed by atoms with Crippen LogP contribution >= 0.6 is 0 Å². The van der Waals surface area contributed by atoms with Crippen molar-refractivity contribution >= 4 is 21.8 Å². The summed E-state index contributed by atoms with van der Waals surface area (Å²) in [5.41, 5.74) is 0. The second-order valence-electron chi connectivity index (χ2n) is 5.32. The van der Waals surface area contributed by atoms with E-state index in [4.69, 9.17) is 4.74 Å². The maximum atomic E-state index is 12.8. The second kappa shape index (κ2) is 8.75. The second-order valence-corrected chi connectivity index (χ2v) is 7.21. The molecule has 1 aromatic rings. The van der Waals surface area contributed by atoms with Gasteiger partial charge in [-0.15, -0.1) is 6.58 Å². The van der Waals surface area contributed by atoms with E-state index in [9.17, 15) is 18.0 Å². The van der Waals surface area contributed by atoms with E-state index < -0.39 is 28.1 Å². The maximum absolute atomic E-state index is 12.8. The molecule has 1 atom stereocenters. The zero-order valence-electron chi connectivity index (χ0n) is 13.7. The zero-order valence-corrected chi connectivity index (χ0v) is 14.5. The number of hydrogen-bond donors (Lipinski definition) is 2. The van der Waals surface area contributed by atoms with Crippen LogP contribution in [0.5, 0.6) is 0 Å². The topological polar surface area (TPSA) is 105 Å². The molecule has 1 unspecified atom stereocenters. The molecule has 0 bridgehead atoms. The summed E-state index contributed by atoms with van der Waals surface area (Å²) >= 11 is 0. The van der Waals surface area contributed by atoms with Gasteiger partial charge in [0.25, 0.3) is 0 Å². The van der Waals surface area contributed by atoms with Gasteiger partial charge in [-0.3, -0.25) is 9.59 Å². The van der Waals surface area contributed by atoms with Crippen molar-refractivity contribution in [3.05, 3.63) is 43.0 Å². The number of carbonyl (C=O) groups is 2. The molecule has 1 aromatic carbocycles. The van der Waals surface area contributed by atoms with Gasteiger partial charge in [0.05, 0.1) is 18.0 Å². The standard InChI is InChI=1S/C16H21N3O5S/c1-2-9-17-15(20)16(21)18-12-14-19(10-6-11-24-14)25(22,23)13-7-4-3-5-8-13/h2-5,7-8,14H,1,6,9-12H2,(H,17,20)(H,18,21). The Morgan fingerprint density at radius 1 is 1.24 bits per heavy atom. The first-order valence-electron chi connectivity index (χ1n) is 7.82. The molecular formula is C16H21N3O5S. The van der Waals surface area contributed by atoms with Gasteiger partial charge < -0.3 is 15.4 Å². The quantitative estimate of drug-likeness (QED) is 0.537. The van der Waals surface area contributed by atoms with E-state index in [0.29, 0.717) is 13.0 Å². The predicted octanol–water partition coefficient (Wildman–Crippen LogP) is -0.158. The van der Waals surface area contributed by atoms with Crippen LogP contribution in [0.1, 0.15) is 6.42 Å². The molecule has 0 saturated carbocycles. The van der Waals surface area contributed by atoms with Gasteiger partial charge in [-0.1, -0.05) is 24.3 Å². The molecule has 2 N–H and O–H groups in total. The third kappa shape index (κ3) is 4.88. The van der Waals surface area contributed by atoms with E-state index >= 15 is 0 Å². The highest BCUT2D eigenvalue weighted by molar-refractivity contribution is 7.89. The summed E-state index contributed by atoms with van der Waals surface area (Å²) in [5.74, 6) is -1.67. The third-order valence-electron chi connectivity index (χ3n) is 3.55. The van der Waals surface area contributed by atoms with E-state index in [1.807, 2.05) is 0 Å². The lowest BCUT2D eigenvalue weighted by Crippen LogP contribution is -2.53. The lowest BCUT2D eigenvalue weighted by atomic mass is 10.3. The fourth-order valence-electron chi connectivity index (χ4n) is 2.34. The number of hydrogen-bond acceptors (Lipinski definition) is 5. The SMILES string of the molecule is C=CCNC(=O)C(=O)NCC1OCCCN1S(=O)(=O)c1ccccc1. The third-order valence-corrected chi connectivity index (χ3v) is 5.46. The van der Waals surface area contributed by atoms with E-state index in [1.165, 1.54) is 22.5 Å². The van der Waals surface area contributed by atoms with Crippen LogP contribution in [0.4, 0.5) is 0 Å². The molecule has 1 saturated heterocycles. The first kappa shape index (κ1) is 19.1. The van der Waals surface area contributed by atoms with Gasteiger partial charge >= 0.3 is 11.8 Å². The molecule has 0 radical (unpaired) electrons. The van der Waals surface area contributed by atoms with Crippen molar-refractivity contribution in [2.24, 2.45) is 0 Å². The number of amides is 2. The molecule has 136 valence electrons. The average molecular weight is 367 g/mol. The van der Waals surface area contributed by atoms with Crippen molar-refractivity contribution in [1.29, 1.82) is 0 Å². The fourth-order valence-corrected chi connectivity index (χ4v) is 3.92. The van der Waals surface area contributed by atoms with E-state index in [-0.39, 0.29) is 24.5 Å². The number of sulfonamides is 1. The first-order chi connectivity index (χ1) is 12.0. The Kier molecular flexibility index (Phi) is 6.68. The van der Waals surface area contributed by atoms with Crippen molar-refractivity contribution < 1.29 is 22.7 Å². The molecule has 9 heteroatoms. The minimum atomic E-state index is -3.75.